The van der Waals surface area contributed by atoms with E-state index in [-0.39, 0.29) is 12.0 Å². The number of aryl methyl sites for hydroxylation is 1. The van der Waals surface area contributed by atoms with Crippen molar-refractivity contribution in [2.24, 2.45) is 0 Å². The van der Waals surface area contributed by atoms with Crippen LogP contribution >= 0.6 is 23.2 Å². The molecule has 3 nitrogen and oxygen atoms in total. The summed E-state index contributed by atoms with van der Waals surface area (Å²) in [6, 6.07) is 5.27. The van der Waals surface area contributed by atoms with Crippen molar-refractivity contribution in [2.45, 2.75) is 38.7 Å². The lowest BCUT2D eigenvalue weighted by Crippen LogP contribution is -2.27. The molecule has 1 rings (SSSR count). The second kappa shape index (κ2) is 8.41. The Morgan fingerprint density at radius 2 is 2.16 bits per heavy atom. The first-order valence-corrected chi connectivity index (χ1v) is 7.17. The zero-order chi connectivity index (χ0) is 14.3. The molecule has 0 bridgehead atoms. The van der Waals surface area contributed by atoms with Gasteiger partial charge in [-0.05, 0) is 37.0 Å². The summed E-state index contributed by atoms with van der Waals surface area (Å²) in [5.74, 6) is -0.0330. The van der Waals surface area contributed by atoms with Gasteiger partial charge in [-0.2, -0.15) is 0 Å². The van der Waals surface area contributed by atoms with Crippen LogP contribution in [0, 0.1) is 0 Å². The van der Waals surface area contributed by atoms with E-state index in [1.165, 1.54) is 0 Å². The van der Waals surface area contributed by atoms with Crippen LogP contribution in [0.5, 0.6) is 0 Å². The van der Waals surface area contributed by atoms with Crippen molar-refractivity contribution in [3.63, 3.8) is 0 Å². The number of benzene rings is 1. The first-order valence-electron chi connectivity index (χ1n) is 6.41. The largest absolute Gasteiger partial charge is 0.393 e. The van der Waals surface area contributed by atoms with Crippen LogP contribution in [0.2, 0.25) is 10.0 Å². The summed E-state index contributed by atoms with van der Waals surface area (Å²) in [6.45, 7) is 2.41. The summed E-state index contributed by atoms with van der Waals surface area (Å²) in [5.41, 5.74) is 0.912. The van der Waals surface area contributed by atoms with Gasteiger partial charge in [0.05, 0.1) is 6.10 Å². The van der Waals surface area contributed by atoms with Crippen molar-refractivity contribution in [1.82, 2.24) is 5.32 Å². The number of nitrogens with one attached hydrogen (secondary N) is 1. The Labute approximate surface area is 123 Å². The number of amides is 1. The minimum absolute atomic E-state index is 0.0330. The Balaban J connectivity index is 2.30. The van der Waals surface area contributed by atoms with Crippen molar-refractivity contribution in [3.8, 4) is 0 Å². The third-order valence-corrected chi connectivity index (χ3v) is 3.49. The molecular weight excluding hydrogens is 285 g/mol. The second-order valence-electron chi connectivity index (χ2n) is 4.44. The fraction of sp³-hybridized carbons (Fsp3) is 0.500. The monoisotopic (exact) mass is 303 g/mol. The molecule has 5 heteroatoms. The van der Waals surface area contributed by atoms with Gasteiger partial charge in [-0.15, -0.1) is 0 Å². The predicted molar refractivity (Wildman–Crippen MR) is 78.7 cm³/mol. The molecular formula is C14H19Cl2NO2. The van der Waals surface area contributed by atoms with E-state index in [0.717, 1.165) is 5.56 Å². The van der Waals surface area contributed by atoms with Crippen molar-refractivity contribution >= 4 is 29.1 Å². The average Bonchev–Trinajstić information content (AvgIpc) is 2.37. The Morgan fingerprint density at radius 3 is 2.79 bits per heavy atom. The molecule has 19 heavy (non-hydrogen) atoms. The smallest absolute Gasteiger partial charge is 0.220 e. The van der Waals surface area contributed by atoms with Gasteiger partial charge in [-0.25, -0.2) is 0 Å². The minimum Gasteiger partial charge on any atom is -0.393 e. The Kier molecular flexibility index (Phi) is 7.21. The summed E-state index contributed by atoms with van der Waals surface area (Å²) in [4.78, 5) is 11.6. The highest BCUT2D eigenvalue weighted by Crippen LogP contribution is 2.21. The molecule has 0 aliphatic heterocycles. The van der Waals surface area contributed by atoms with Crippen LogP contribution in [0.4, 0.5) is 0 Å². The molecule has 0 spiro atoms. The van der Waals surface area contributed by atoms with E-state index in [4.69, 9.17) is 23.2 Å². The van der Waals surface area contributed by atoms with E-state index < -0.39 is 0 Å². The highest BCUT2D eigenvalue weighted by molar-refractivity contribution is 6.35. The fourth-order valence-corrected chi connectivity index (χ4v) is 2.15. The number of hydrogen-bond acceptors (Lipinski definition) is 2. The van der Waals surface area contributed by atoms with Crippen molar-refractivity contribution in [3.05, 3.63) is 33.8 Å². The maximum Gasteiger partial charge on any atom is 0.220 e. The van der Waals surface area contributed by atoms with Gasteiger partial charge in [0, 0.05) is 23.0 Å². The molecule has 1 atom stereocenters. The van der Waals surface area contributed by atoms with Gasteiger partial charge in [0.15, 0.2) is 0 Å². The third kappa shape index (κ3) is 6.28. The molecule has 0 fully saturated rings. The van der Waals surface area contributed by atoms with Crippen LogP contribution in [0.15, 0.2) is 18.2 Å². The van der Waals surface area contributed by atoms with Crippen molar-refractivity contribution in [1.29, 1.82) is 0 Å². The average molecular weight is 304 g/mol. The van der Waals surface area contributed by atoms with E-state index in [2.05, 4.69) is 5.32 Å². The molecule has 1 amide bonds. The Bertz CT molecular complexity index is 424. The molecule has 1 aromatic rings. The van der Waals surface area contributed by atoms with Crippen LogP contribution < -0.4 is 5.32 Å². The molecule has 0 saturated heterocycles. The van der Waals surface area contributed by atoms with Crippen molar-refractivity contribution < 1.29 is 9.90 Å². The second-order valence-corrected chi connectivity index (χ2v) is 5.28. The Morgan fingerprint density at radius 1 is 1.42 bits per heavy atom. The molecule has 0 radical (unpaired) electrons. The molecule has 0 heterocycles. The molecule has 0 aliphatic rings. The maximum absolute atomic E-state index is 11.6. The van der Waals surface area contributed by atoms with Gasteiger partial charge >= 0.3 is 0 Å². The summed E-state index contributed by atoms with van der Waals surface area (Å²) in [5, 5.41) is 13.3. The van der Waals surface area contributed by atoms with Gasteiger partial charge in [0.1, 0.15) is 0 Å². The minimum atomic E-state index is -0.342. The SMILES string of the molecule is CCC(O)CCNC(=O)CCc1ccc(Cl)cc1Cl. The molecule has 1 aromatic carbocycles. The summed E-state index contributed by atoms with van der Waals surface area (Å²) in [7, 11) is 0. The van der Waals surface area contributed by atoms with Crippen LogP contribution in [0.3, 0.4) is 0 Å². The van der Waals surface area contributed by atoms with Crippen LogP contribution in [-0.2, 0) is 11.2 Å². The molecule has 0 saturated carbocycles. The summed E-state index contributed by atoms with van der Waals surface area (Å²) >= 11 is 11.8. The van der Waals surface area contributed by atoms with Gasteiger partial charge in [0.25, 0.3) is 0 Å². The zero-order valence-corrected chi connectivity index (χ0v) is 12.5. The molecule has 1 unspecified atom stereocenters. The molecule has 0 aliphatic carbocycles. The first-order chi connectivity index (χ1) is 9.02. The predicted octanol–water partition coefficient (Wildman–Crippen LogP) is 3.20. The lowest BCUT2D eigenvalue weighted by atomic mass is 10.1. The van der Waals surface area contributed by atoms with Crippen LogP contribution in [0.25, 0.3) is 0 Å². The van der Waals surface area contributed by atoms with E-state index >= 15 is 0 Å². The Hall–Kier alpha value is -0.770. The van der Waals surface area contributed by atoms with Gasteiger partial charge in [0.2, 0.25) is 5.91 Å². The summed E-state index contributed by atoms with van der Waals surface area (Å²) < 4.78 is 0. The highest BCUT2D eigenvalue weighted by Gasteiger charge is 2.06. The van der Waals surface area contributed by atoms with E-state index in [1.807, 2.05) is 13.0 Å². The summed E-state index contributed by atoms with van der Waals surface area (Å²) in [6.07, 6.45) is 1.91. The van der Waals surface area contributed by atoms with E-state index in [1.54, 1.807) is 12.1 Å². The van der Waals surface area contributed by atoms with Gasteiger partial charge in [-0.1, -0.05) is 36.2 Å². The fourth-order valence-electron chi connectivity index (χ4n) is 1.64. The van der Waals surface area contributed by atoms with Crippen LogP contribution in [-0.4, -0.2) is 23.7 Å². The van der Waals surface area contributed by atoms with Gasteiger partial charge < -0.3 is 10.4 Å². The third-order valence-electron chi connectivity index (χ3n) is 2.91. The number of rotatable bonds is 7. The lowest BCUT2D eigenvalue weighted by molar-refractivity contribution is -0.121. The molecule has 2 N–H and O–H groups in total. The number of aliphatic hydroxyl groups is 1. The first kappa shape index (κ1) is 16.3. The number of aliphatic hydroxyl groups excluding tert-OH is 1. The quantitative estimate of drug-likeness (QED) is 0.812. The number of carbonyl (C=O) groups is 1. The number of carbonyl (C=O) groups excluding carboxylic acids is 1. The molecule has 106 valence electrons. The van der Waals surface area contributed by atoms with Crippen molar-refractivity contribution in [2.75, 3.05) is 6.54 Å². The van der Waals surface area contributed by atoms with E-state index in [9.17, 15) is 9.90 Å². The topological polar surface area (TPSA) is 49.3 Å². The van der Waals surface area contributed by atoms with Gasteiger partial charge in [-0.3, -0.25) is 4.79 Å². The lowest BCUT2D eigenvalue weighted by Gasteiger charge is -2.09. The van der Waals surface area contributed by atoms with E-state index in [0.29, 0.717) is 42.3 Å². The maximum atomic E-state index is 11.6. The standard InChI is InChI=1S/C14H19Cl2NO2/c1-2-12(18)7-8-17-14(19)6-4-10-3-5-11(15)9-13(10)16/h3,5,9,12,18H,2,4,6-8H2,1H3,(H,17,19). The number of halogens is 2. The van der Waals surface area contributed by atoms with Crippen LogP contribution in [0.1, 0.15) is 31.7 Å². The normalized spacial score (nSPS) is 12.2. The number of hydrogen-bond donors (Lipinski definition) is 2. The highest BCUT2D eigenvalue weighted by atomic mass is 35.5. The molecule has 0 aromatic heterocycles. The zero-order valence-electron chi connectivity index (χ0n) is 11.0.